The minimum Gasteiger partial charge on any atom is -0.326 e. The molecule has 0 unspecified atom stereocenters. The highest BCUT2D eigenvalue weighted by Crippen LogP contribution is 2.24. The van der Waals surface area contributed by atoms with Gasteiger partial charge in [0, 0.05) is 6.54 Å². The van der Waals surface area contributed by atoms with Crippen LogP contribution in [0.1, 0.15) is 0 Å². The number of aliphatic imine (C=N–C) groups is 1. The second-order valence-corrected chi connectivity index (χ2v) is 2.12. The van der Waals surface area contributed by atoms with Gasteiger partial charge in [-0.2, -0.15) is 13.2 Å². The third kappa shape index (κ3) is 1.59. The van der Waals surface area contributed by atoms with Crippen LogP contribution in [0, 0.1) is 0 Å². The molecule has 0 amide bonds. The quantitative estimate of drug-likeness (QED) is 0.614. The zero-order valence-electron chi connectivity index (χ0n) is 5.65. The lowest BCUT2D eigenvalue weighted by atomic mass is 10.1. The first-order chi connectivity index (χ1) is 5.05. The van der Waals surface area contributed by atoms with Gasteiger partial charge in [0.25, 0.3) is 0 Å². The topological polar surface area (TPSA) is 38.4 Å². The van der Waals surface area contributed by atoms with Crippen LogP contribution in [0.15, 0.2) is 16.6 Å². The van der Waals surface area contributed by atoms with E-state index >= 15 is 0 Å². The van der Waals surface area contributed by atoms with Crippen molar-refractivity contribution in [2.45, 2.75) is 6.18 Å². The van der Waals surface area contributed by atoms with Crippen LogP contribution in [-0.4, -0.2) is 25.0 Å². The van der Waals surface area contributed by atoms with Gasteiger partial charge in [0.2, 0.25) is 0 Å². The molecule has 0 radical (unpaired) electrons. The summed E-state index contributed by atoms with van der Waals surface area (Å²) in [5, 5.41) is 0. The van der Waals surface area contributed by atoms with E-state index in [1.165, 1.54) is 6.08 Å². The van der Waals surface area contributed by atoms with Crippen molar-refractivity contribution in [3.05, 3.63) is 11.6 Å². The molecule has 0 aromatic carbocycles. The van der Waals surface area contributed by atoms with E-state index in [4.69, 9.17) is 5.73 Å². The van der Waals surface area contributed by atoms with Gasteiger partial charge in [-0.3, -0.25) is 4.99 Å². The third-order valence-corrected chi connectivity index (χ3v) is 1.38. The average molecular weight is 164 g/mol. The first kappa shape index (κ1) is 8.26. The van der Waals surface area contributed by atoms with Gasteiger partial charge in [-0.1, -0.05) is 6.08 Å². The molecule has 11 heavy (non-hydrogen) atoms. The number of hydrogen-bond acceptors (Lipinski definition) is 2. The number of nitrogens with two attached hydrogens (primary N) is 1. The SMILES string of the molecule is NCC1=CCN=C1C(F)(F)F. The third-order valence-electron chi connectivity index (χ3n) is 1.38. The lowest BCUT2D eigenvalue weighted by Crippen LogP contribution is -2.26. The number of nitrogens with zero attached hydrogens (tertiary/aromatic N) is 1. The molecule has 1 aliphatic rings. The van der Waals surface area contributed by atoms with Crippen molar-refractivity contribution in [2.75, 3.05) is 13.1 Å². The van der Waals surface area contributed by atoms with E-state index in [2.05, 4.69) is 4.99 Å². The molecule has 0 saturated heterocycles. The Balaban J connectivity index is 2.83. The van der Waals surface area contributed by atoms with E-state index in [1.54, 1.807) is 0 Å². The highest BCUT2D eigenvalue weighted by molar-refractivity contribution is 6.06. The van der Waals surface area contributed by atoms with Crippen molar-refractivity contribution < 1.29 is 13.2 Å². The van der Waals surface area contributed by atoms with Crippen molar-refractivity contribution in [3.8, 4) is 0 Å². The van der Waals surface area contributed by atoms with Crippen molar-refractivity contribution in [2.24, 2.45) is 10.7 Å². The number of rotatable bonds is 1. The smallest absolute Gasteiger partial charge is 0.326 e. The van der Waals surface area contributed by atoms with Crippen molar-refractivity contribution >= 4 is 5.71 Å². The highest BCUT2D eigenvalue weighted by Gasteiger charge is 2.38. The minimum atomic E-state index is -4.35. The van der Waals surface area contributed by atoms with Gasteiger partial charge in [0.1, 0.15) is 5.71 Å². The van der Waals surface area contributed by atoms with E-state index in [9.17, 15) is 13.2 Å². The van der Waals surface area contributed by atoms with Gasteiger partial charge < -0.3 is 5.73 Å². The molecule has 1 aliphatic heterocycles. The fraction of sp³-hybridized carbons (Fsp3) is 0.500. The Kier molecular flexibility index (Phi) is 1.99. The number of halogens is 3. The number of alkyl halides is 3. The predicted octanol–water partition coefficient (Wildman–Crippen LogP) is 0.888. The predicted molar refractivity (Wildman–Crippen MR) is 35.5 cm³/mol. The summed E-state index contributed by atoms with van der Waals surface area (Å²) in [4.78, 5) is 3.28. The molecule has 1 rings (SSSR count). The molecular weight excluding hydrogens is 157 g/mol. The maximum atomic E-state index is 12.0. The van der Waals surface area contributed by atoms with Crippen molar-refractivity contribution in [3.63, 3.8) is 0 Å². The van der Waals surface area contributed by atoms with E-state index in [-0.39, 0.29) is 18.7 Å². The van der Waals surface area contributed by atoms with Gasteiger partial charge in [0.15, 0.2) is 0 Å². The van der Waals surface area contributed by atoms with E-state index in [1.807, 2.05) is 0 Å². The maximum absolute atomic E-state index is 12.0. The molecule has 0 saturated carbocycles. The van der Waals surface area contributed by atoms with Gasteiger partial charge in [-0.15, -0.1) is 0 Å². The first-order valence-electron chi connectivity index (χ1n) is 3.07. The van der Waals surface area contributed by atoms with Gasteiger partial charge in [0.05, 0.1) is 6.54 Å². The Morgan fingerprint density at radius 1 is 1.55 bits per heavy atom. The summed E-state index contributed by atoms with van der Waals surface area (Å²) in [7, 11) is 0. The molecule has 62 valence electrons. The summed E-state index contributed by atoms with van der Waals surface area (Å²) in [5.74, 6) is 0. The number of hydrogen-bond donors (Lipinski definition) is 1. The molecule has 2 nitrogen and oxygen atoms in total. The Morgan fingerprint density at radius 2 is 2.18 bits per heavy atom. The largest absolute Gasteiger partial charge is 0.433 e. The van der Waals surface area contributed by atoms with Crippen molar-refractivity contribution in [1.82, 2.24) is 0 Å². The molecule has 1 heterocycles. The molecule has 0 aromatic heterocycles. The highest BCUT2D eigenvalue weighted by atomic mass is 19.4. The van der Waals surface area contributed by atoms with Crippen LogP contribution in [0.25, 0.3) is 0 Å². The van der Waals surface area contributed by atoms with Crippen molar-refractivity contribution in [1.29, 1.82) is 0 Å². The van der Waals surface area contributed by atoms with Gasteiger partial charge in [-0.25, -0.2) is 0 Å². The van der Waals surface area contributed by atoms with Gasteiger partial charge in [-0.05, 0) is 5.57 Å². The lowest BCUT2D eigenvalue weighted by molar-refractivity contribution is -0.0581. The summed E-state index contributed by atoms with van der Waals surface area (Å²) in [6.45, 7) is -0.000278. The molecule has 0 bridgehead atoms. The molecule has 0 atom stereocenters. The molecule has 0 spiro atoms. The monoisotopic (exact) mass is 164 g/mol. The summed E-state index contributed by atoms with van der Waals surface area (Å²) in [6, 6.07) is 0. The Morgan fingerprint density at radius 3 is 2.55 bits per heavy atom. The van der Waals surface area contributed by atoms with Crippen LogP contribution < -0.4 is 5.73 Å². The molecule has 0 aliphatic carbocycles. The van der Waals surface area contributed by atoms with Crippen LogP contribution in [-0.2, 0) is 0 Å². The Hall–Kier alpha value is -0.840. The van der Waals surface area contributed by atoms with E-state index in [0.29, 0.717) is 0 Å². The van der Waals surface area contributed by atoms with E-state index in [0.717, 1.165) is 0 Å². The van der Waals surface area contributed by atoms with Crippen LogP contribution in [0.5, 0.6) is 0 Å². The summed E-state index contributed by atoms with van der Waals surface area (Å²) < 4.78 is 35.9. The first-order valence-corrected chi connectivity index (χ1v) is 3.07. The van der Waals surface area contributed by atoms with Crippen LogP contribution >= 0.6 is 0 Å². The molecule has 2 N–H and O–H groups in total. The summed E-state index contributed by atoms with van der Waals surface area (Å²) in [5.41, 5.74) is 4.35. The second kappa shape index (κ2) is 2.65. The Bertz CT molecular complexity index is 214. The Labute approximate surface area is 61.6 Å². The average Bonchev–Trinajstić information content (AvgIpc) is 2.31. The molecular formula is C6H7F3N2. The van der Waals surface area contributed by atoms with Crippen LogP contribution in [0.2, 0.25) is 0 Å². The van der Waals surface area contributed by atoms with Gasteiger partial charge >= 0.3 is 6.18 Å². The minimum absolute atomic E-state index is 0.0949. The zero-order chi connectivity index (χ0) is 8.48. The standard InChI is InChI=1S/C6H7F3N2/c7-6(8,9)5-4(3-10)1-2-11-5/h1H,2-3,10H2. The zero-order valence-corrected chi connectivity index (χ0v) is 5.65. The molecule has 0 aromatic rings. The van der Waals surface area contributed by atoms with Crippen LogP contribution in [0.3, 0.4) is 0 Å². The summed E-state index contributed by atoms with van der Waals surface area (Å²) in [6.07, 6.45) is -2.95. The normalized spacial score (nSPS) is 18.2. The fourth-order valence-corrected chi connectivity index (χ4v) is 0.897. The van der Waals surface area contributed by atoms with Crippen LogP contribution in [0.4, 0.5) is 13.2 Å². The summed E-state index contributed by atoms with van der Waals surface area (Å²) >= 11 is 0. The molecule has 5 heteroatoms. The fourth-order valence-electron chi connectivity index (χ4n) is 0.897. The maximum Gasteiger partial charge on any atom is 0.433 e. The van der Waals surface area contributed by atoms with E-state index < -0.39 is 11.9 Å². The lowest BCUT2D eigenvalue weighted by Gasteiger charge is -2.07. The molecule has 0 fully saturated rings. The second-order valence-electron chi connectivity index (χ2n) is 2.12.